The Morgan fingerprint density at radius 3 is 2.37 bits per heavy atom. The molecule has 3 fully saturated rings. The summed E-state index contributed by atoms with van der Waals surface area (Å²) in [6, 6.07) is 0. The summed E-state index contributed by atoms with van der Waals surface area (Å²) in [5.74, 6) is 4.67. The van der Waals surface area contributed by atoms with Gasteiger partial charge in [-0.25, -0.2) is 19.6 Å². The third-order valence-corrected chi connectivity index (χ3v) is 5.18. The van der Waals surface area contributed by atoms with Gasteiger partial charge < -0.3 is 0 Å². The highest BCUT2D eigenvalue weighted by molar-refractivity contribution is 5.33. The molecule has 5 atom stereocenters. The number of aliphatic imine (C=N–C) groups is 2. The average Bonchev–Trinajstić information content (AvgIpc) is 3.10. The van der Waals surface area contributed by atoms with Gasteiger partial charge in [-0.15, -0.1) is 0 Å². The van der Waals surface area contributed by atoms with Gasteiger partial charge >= 0.3 is 0 Å². The molecule has 3 aliphatic rings. The minimum Gasteiger partial charge on any atom is -0.211 e. The Kier molecular flexibility index (Phi) is 5.07. The summed E-state index contributed by atoms with van der Waals surface area (Å²) in [5.41, 5.74) is 0. The zero-order chi connectivity index (χ0) is 13.7. The molecule has 4 heteroatoms. The van der Waals surface area contributed by atoms with Gasteiger partial charge in [0.15, 0.2) is 0 Å². The summed E-state index contributed by atoms with van der Waals surface area (Å²) in [6.07, 6.45) is 10.2. The van der Waals surface area contributed by atoms with Crippen molar-refractivity contribution in [3.8, 4) is 0 Å². The first-order valence-electron chi connectivity index (χ1n) is 7.39. The van der Waals surface area contributed by atoms with Crippen molar-refractivity contribution in [2.45, 2.75) is 39.0 Å². The molecule has 4 nitrogen and oxygen atoms in total. The largest absolute Gasteiger partial charge is 0.234 e. The first kappa shape index (κ1) is 14.2. The van der Waals surface area contributed by atoms with Gasteiger partial charge in [0.05, 0.1) is 6.54 Å². The Balaban J connectivity index is 0.000000232. The molecule has 0 aromatic heterocycles. The predicted octanol–water partition coefficient (Wildman–Crippen LogP) is 2.74. The van der Waals surface area contributed by atoms with Gasteiger partial charge in [-0.2, -0.15) is 0 Å². The van der Waals surface area contributed by atoms with Crippen molar-refractivity contribution in [2.24, 2.45) is 39.6 Å². The van der Waals surface area contributed by atoms with Gasteiger partial charge in [0.25, 0.3) is 0 Å². The molecule has 0 spiro atoms. The van der Waals surface area contributed by atoms with Crippen molar-refractivity contribution in [2.75, 3.05) is 13.1 Å². The third kappa shape index (κ3) is 3.02. The minimum atomic E-state index is 0.545. The molecule has 0 amide bonds. The molecular weight excluding hydrogens is 240 g/mol. The van der Waals surface area contributed by atoms with E-state index in [1.54, 1.807) is 13.0 Å². The van der Waals surface area contributed by atoms with Crippen molar-refractivity contribution in [3.05, 3.63) is 0 Å². The van der Waals surface area contributed by atoms with Crippen LogP contribution in [0.2, 0.25) is 0 Å². The van der Waals surface area contributed by atoms with E-state index in [-0.39, 0.29) is 0 Å². The molecule has 3 saturated carbocycles. The second-order valence-electron chi connectivity index (χ2n) is 5.91. The monoisotopic (exact) mass is 262 g/mol. The zero-order valence-corrected chi connectivity index (χ0v) is 11.5. The number of isocyanates is 2. The van der Waals surface area contributed by atoms with Crippen LogP contribution in [0.1, 0.15) is 39.0 Å². The summed E-state index contributed by atoms with van der Waals surface area (Å²) in [6.45, 7) is 3.09. The fraction of sp³-hybridized carbons (Fsp3) is 0.867. The second-order valence-corrected chi connectivity index (χ2v) is 5.91. The first-order chi connectivity index (χ1) is 9.31. The van der Waals surface area contributed by atoms with E-state index in [1.165, 1.54) is 38.2 Å². The van der Waals surface area contributed by atoms with E-state index >= 15 is 0 Å². The highest BCUT2D eigenvalue weighted by atomic mass is 16.1. The van der Waals surface area contributed by atoms with Gasteiger partial charge in [-0.3, -0.25) is 0 Å². The lowest BCUT2D eigenvalue weighted by molar-refractivity contribution is 0.194. The van der Waals surface area contributed by atoms with Crippen LogP contribution < -0.4 is 0 Å². The molecular formula is C15H22N2O2. The molecule has 104 valence electrons. The Morgan fingerprint density at radius 1 is 1.00 bits per heavy atom. The lowest BCUT2D eigenvalue weighted by Gasteiger charge is -2.30. The summed E-state index contributed by atoms with van der Waals surface area (Å²) >= 11 is 0. The molecule has 5 unspecified atom stereocenters. The predicted molar refractivity (Wildman–Crippen MR) is 72.2 cm³/mol. The minimum absolute atomic E-state index is 0.545. The normalized spacial score (nSPS) is 37.6. The second kappa shape index (κ2) is 6.79. The molecule has 0 radical (unpaired) electrons. The van der Waals surface area contributed by atoms with E-state index in [0.29, 0.717) is 6.54 Å². The highest BCUT2D eigenvalue weighted by Gasteiger charge is 2.53. The molecule has 0 aromatic carbocycles. The summed E-state index contributed by atoms with van der Waals surface area (Å²) in [4.78, 5) is 26.2. The van der Waals surface area contributed by atoms with Gasteiger partial charge in [-0.05, 0) is 62.2 Å². The molecule has 0 aromatic rings. The molecule has 19 heavy (non-hydrogen) atoms. The Morgan fingerprint density at radius 2 is 1.74 bits per heavy atom. The van der Waals surface area contributed by atoms with Crippen LogP contribution >= 0.6 is 0 Å². The molecule has 2 bridgehead atoms. The Bertz CT molecular complexity index is 397. The quantitative estimate of drug-likeness (QED) is 0.580. The molecule has 3 aliphatic carbocycles. The fourth-order valence-corrected chi connectivity index (χ4v) is 4.64. The van der Waals surface area contributed by atoms with Crippen LogP contribution in [0.25, 0.3) is 0 Å². The number of carbonyl (C=O) groups excluding carboxylic acids is 2. The molecule has 0 heterocycles. The van der Waals surface area contributed by atoms with Gasteiger partial charge in [-0.1, -0.05) is 6.42 Å². The van der Waals surface area contributed by atoms with Crippen LogP contribution in [0.5, 0.6) is 0 Å². The topological polar surface area (TPSA) is 58.9 Å². The standard InChI is InChI=1S/C12H17NO.C3H5NO/c14-7-13-6-9-4-8-5-12(9)11-3-1-2-10(8)11;1-2-4-3-5/h8-12H,1-6H2;2H2,1H3. The number of hydrogen-bond acceptors (Lipinski definition) is 4. The number of nitrogens with zero attached hydrogens (tertiary/aromatic N) is 2. The SMILES string of the molecule is CCN=C=O.O=C=NCC1CC2CC1C1CCCC21. The van der Waals surface area contributed by atoms with Crippen LogP contribution in [0.15, 0.2) is 9.98 Å². The maximum atomic E-state index is 10.1. The highest BCUT2D eigenvalue weighted by Crippen LogP contribution is 2.60. The van der Waals surface area contributed by atoms with Crippen LogP contribution in [-0.2, 0) is 9.59 Å². The maximum Gasteiger partial charge on any atom is 0.234 e. The van der Waals surface area contributed by atoms with Crippen molar-refractivity contribution < 1.29 is 9.59 Å². The lowest BCUT2D eigenvalue weighted by Crippen LogP contribution is -2.25. The van der Waals surface area contributed by atoms with Gasteiger partial charge in [0, 0.05) is 6.54 Å². The third-order valence-electron chi connectivity index (χ3n) is 5.18. The lowest BCUT2D eigenvalue weighted by atomic mass is 9.76. The molecule has 0 aliphatic heterocycles. The number of fused-ring (bicyclic) bond motifs is 5. The smallest absolute Gasteiger partial charge is 0.211 e. The summed E-state index contributed by atoms with van der Waals surface area (Å²) in [5, 5.41) is 0. The number of rotatable bonds is 3. The Labute approximate surface area is 114 Å². The van der Waals surface area contributed by atoms with Crippen molar-refractivity contribution in [1.29, 1.82) is 0 Å². The average molecular weight is 262 g/mol. The van der Waals surface area contributed by atoms with Crippen LogP contribution in [0.4, 0.5) is 0 Å². The van der Waals surface area contributed by atoms with E-state index in [2.05, 4.69) is 9.98 Å². The maximum absolute atomic E-state index is 10.1. The van der Waals surface area contributed by atoms with Gasteiger partial charge in [0.2, 0.25) is 12.2 Å². The summed E-state index contributed by atoms with van der Waals surface area (Å²) in [7, 11) is 0. The van der Waals surface area contributed by atoms with Crippen molar-refractivity contribution >= 4 is 12.2 Å². The molecule has 0 N–H and O–H groups in total. The van der Waals surface area contributed by atoms with Crippen molar-refractivity contribution in [3.63, 3.8) is 0 Å². The van der Waals surface area contributed by atoms with E-state index in [0.717, 1.165) is 36.1 Å². The Hall–Kier alpha value is -1.24. The van der Waals surface area contributed by atoms with Crippen LogP contribution in [0, 0.1) is 29.6 Å². The fourth-order valence-electron chi connectivity index (χ4n) is 4.64. The van der Waals surface area contributed by atoms with E-state index in [4.69, 9.17) is 4.79 Å². The zero-order valence-electron chi connectivity index (χ0n) is 11.5. The molecule has 3 rings (SSSR count). The van der Waals surface area contributed by atoms with E-state index in [1.807, 2.05) is 0 Å². The summed E-state index contributed by atoms with van der Waals surface area (Å²) < 4.78 is 0. The van der Waals surface area contributed by atoms with E-state index < -0.39 is 0 Å². The van der Waals surface area contributed by atoms with Gasteiger partial charge in [0.1, 0.15) is 0 Å². The van der Waals surface area contributed by atoms with Crippen LogP contribution in [-0.4, -0.2) is 25.2 Å². The number of hydrogen-bond donors (Lipinski definition) is 0. The first-order valence-corrected chi connectivity index (χ1v) is 7.39. The molecule has 0 saturated heterocycles. The van der Waals surface area contributed by atoms with E-state index in [9.17, 15) is 4.79 Å². The van der Waals surface area contributed by atoms with Crippen molar-refractivity contribution in [1.82, 2.24) is 0 Å². The van der Waals surface area contributed by atoms with Crippen LogP contribution in [0.3, 0.4) is 0 Å².